The summed E-state index contributed by atoms with van der Waals surface area (Å²) >= 11 is 0. The van der Waals surface area contributed by atoms with E-state index < -0.39 is 6.10 Å². The lowest BCUT2D eigenvalue weighted by atomic mass is 9.94. The van der Waals surface area contributed by atoms with Crippen molar-refractivity contribution in [3.63, 3.8) is 0 Å². The smallest absolute Gasteiger partial charge is 0.119 e. The molecule has 0 saturated heterocycles. The Balaban J connectivity index is 1.74. The number of β-amino-alcohol motifs (C(OH)–C–C–N with tert-alkyl or cyclic N) is 1. The fourth-order valence-electron chi connectivity index (χ4n) is 2.84. The van der Waals surface area contributed by atoms with Crippen LogP contribution in [0.25, 0.3) is 0 Å². The van der Waals surface area contributed by atoms with Crippen LogP contribution in [0.4, 0.5) is 0 Å². The van der Waals surface area contributed by atoms with E-state index in [1.54, 1.807) is 7.11 Å². The molecule has 0 aliphatic carbocycles. The molecule has 27 heavy (non-hydrogen) atoms. The van der Waals surface area contributed by atoms with Crippen molar-refractivity contribution in [2.24, 2.45) is 0 Å². The van der Waals surface area contributed by atoms with Crippen molar-refractivity contribution in [2.75, 3.05) is 26.9 Å². The van der Waals surface area contributed by atoms with Crippen LogP contribution in [-0.2, 0) is 12.8 Å². The molecule has 0 radical (unpaired) electrons. The number of benzene rings is 2. The van der Waals surface area contributed by atoms with Gasteiger partial charge in [-0.05, 0) is 62.1 Å². The number of rotatable bonds is 11. The summed E-state index contributed by atoms with van der Waals surface area (Å²) in [6, 6.07) is 15.6. The van der Waals surface area contributed by atoms with Gasteiger partial charge in [0.15, 0.2) is 0 Å². The van der Waals surface area contributed by atoms with Gasteiger partial charge in [0.25, 0.3) is 0 Å². The SMILES string of the molecule is COc1ccc(CC(C)(C)NC[C@@H](O)COc2ccc(CCO)cc2)cc1. The highest BCUT2D eigenvalue weighted by Gasteiger charge is 2.19. The van der Waals surface area contributed by atoms with E-state index in [1.807, 2.05) is 36.4 Å². The fraction of sp³-hybridized carbons (Fsp3) is 0.455. The van der Waals surface area contributed by atoms with Gasteiger partial charge in [-0.1, -0.05) is 24.3 Å². The van der Waals surface area contributed by atoms with Crippen LogP contribution in [0.5, 0.6) is 11.5 Å². The lowest BCUT2D eigenvalue weighted by Crippen LogP contribution is -2.46. The summed E-state index contributed by atoms with van der Waals surface area (Å²) in [6.45, 7) is 5.04. The van der Waals surface area contributed by atoms with E-state index in [1.165, 1.54) is 5.56 Å². The Morgan fingerprint density at radius 2 is 1.56 bits per heavy atom. The quantitative estimate of drug-likeness (QED) is 0.565. The predicted octanol–water partition coefficient (Wildman–Crippen LogP) is 2.58. The van der Waals surface area contributed by atoms with Crippen LogP contribution in [0, 0.1) is 0 Å². The van der Waals surface area contributed by atoms with Gasteiger partial charge in [0.1, 0.15) is 24.2 Å². The predicted molar refractivity (Wildman–Crippen MR) is 108 cm³/mol. The Morgan fingerprint density at radius 1 is 0.963 bits per heavy atom. The van der Waals surface area contributed by atoms with Gasteiger partial charge in [0, 0.05) is 18.7 Å². The lowest BCUT2D eigenvalue weighted by Gasteiger charge is -2.28. The van der Waals surface area contributed by atoms with Crippen LogP contribution in [0.15, 0.2) is 48.5 Å². The molecule has 0 saturated carbocycles. The molecule has 0 aliphatic rings. The van der Waals surface area contributed by atoms with Gasteiger partial charge in [-0.2, -0.15) is 0 Å². The van der Waals surface area contributed by atoms with Crippen LogP contribution in [0.2, 0.25) is 0 Å². The molecule has 148 valence electrons. The van der Waals surface area contributed by atoms with Crippen LogP contribution in [0.3, 0.4) is 0 Å². The monoisotopic (exact) mass is 373 g/mol. The number of methoxy groups -OCH3 is 1. The topological polar surface area (TPSA) is 71.0 Å². The molecule has 2 aromatic rings. The number of ether oxygens (including phenoxy) is 2. The maximum absolute atomic E-state index is 10.2. The second-order valence-electron chi connectivity index (χ2n) is 7.37. The number of aliphatic hydroxyl groups excluding tert-OH is 2. The molecule has 1 atom stereocenters. The minimum absolute atomic E-state index is 0.136. The Morgan fingerprint density at radius 3 is 2.15 bits per heavy atom. The highest BCUT2D eigenvalue weighted by atomic mass is 16.5. The normalized spacial score (nSPS) is 12.6. The second-order valence-corrected chi connectivity index (χ2v) is 7.37. The van der Waals surface area contributed by atoms with E-state index in [0.717, 1.165) is 17.7 Å². The Bertz CT molecular complexity index is 668. The van der Waals surface area contributed by atoms with Crippen molar-refractivity contribution in [2.45, 2.75) is 38.3 Å². The van der Waals surface area contributed by atoms with E-state index in [-0.39, 0.29) is 18.8 Å². The number of aliphatic hydroxyl groups is 2. The summed E-state index contributed by atoms with van der Waals surface area (Å²) in [7, 11) is 1.66. The van der Waals surface area contributed by atoms with Gasteiger partial charge < -0.3 is 25.0 Å². The maximum atomic E-state index is 10.2. The van der Waals surface area contributed by atoms with Crippen LogP contribution >= 0.6 is 0 Å². The summed E-state index contributed by atoms with van der Waals surface area (Å²) in [5, 5.41) is 22.5. The van der Waals surface area contributed by atoms with Crippen molar-refractivity contribution >= 4 is 0 Å². The largest absolute Gasteiger partial charge is 0.497 e. The number of nitrogens with one attached hydrogen (secondary N) is 1. The summed E-state index contributed by atoms with van der Waals surface area (Å²) in [6.07, 6.45) is 0.879. The van der Waals surface area contributed by atoms with Crippen LogP contribution in [-0.4, -0.2) is 48.7 Å². The van der Waals surface area contributed by atoms with Gasteiger partial charge in [-0.3, -0.25) is 0 Å². The van der Waals surface area contributed by atoms with Gasteiger partial charge in [-0.15, -0.1) is 0 Å². The average molecular weight is 373 g/mol. The Labute approximate surface area is 162 Å². The first-order valence-electron chi connectivity index (χ1n) is 9.30. The summed E-state index contributed by atoms with van der Waals surface area (Å²) in [5.41, 5.74) is 2.12. The van der Waals surface area contributed by atoms with Gasteiger partial charge in [-0.25, -0.2) is 0 Å². The highest BCUT2D eigenvalue weighted by Crippen LogP contribution is 2.17. The van der Waals surface area contributed by atoms with Crippen LogP contribution < -0.4 is 14.8 Å². The summed E-state index contributed by atoms with van der Waals surface area (Å²) in [5.74, 6) is 1.56. The zero-order chi connectivity index (χ0) is 19.7. The molecule has 5 heteroatoms. The van der Waals surface area contributed by atoms with E-state index in [4.69, 9.17) is 14.6 Å². The van der Waals surface area contributed by atoms with Gasteiger partial charge >= 0.3 is 0 Å². The third-order valence-electron chi connectivity index (χ3n) is 4.39. The highest BCUT2D eigenvalue weighted by molar-refractivity contribution is 5.28. The third kappa shape index (κ3) is 7.59. The standard InChI is InChI=1S/C22H31NO4/c1-22(2,14-18-6-8-20(26-3)9-7-18)23-15-19(25)16-27-21-10-4-17(5-11-21)12-13-24/h4-11,19,23-25H,12-16H2,1-3H3/t19-/m1/s1. The minimum atomic E-state index is -0.600. The van der Waals surface area contributed by atoms with Crippen molar-refractivity contribution in [1.82, 2.24) is 5.32 Å². The fourth-order valence-corrected chi connectivity index (χ4v) is 2.84. The molecule has 0 heterocycles. The Kier molecular flexibility index (Phi) is 8.10. The van der Waals surface area contributed by atoms with Crippen molar-refractivity contribution in [3.8, 4) is 11.5 Å². The molecule has 0 amide bonds. The number of hydrogen-bond acceptors (Lipinski definition) is 5. The van der Waals surface area contributed by atoms with Gasteiger partial charge in [0.05, 0.1) is 7.11 Å². The first-order chi connectivity index (χ1) is 12.9. The molecule has 0 aliphatic heterocycles. The molecular weight excluding hydrogens is 342 g/mol. The third-order valence-corrected chi connectivity index (χ3v) is 4.39. The van der Waals surface area contributed by atoms with Gasteiger partial charge in [0.2, 0.25) is 0 Å². The van der Waals surface area contributed by atoms with E-state index in [2.05, 4.69) is 31.3 Å². The zero-order valence-corrected chi connectivity index (χ0v) is 16.4. The maximum Gasteiger partial charge on any atom is 0.119 e. The Hall–Kier alpha value is -2.08. The summed E-state index contributed by atoms with van der Waals surface area (Å²) in [4.78, 5) is 0. The molecule has 3 N–H and O–H groups in total. The summed E-state index contributed by atoms with van der Waals surface area (Å²) < 4.78 is 10.8. The van der Waals surface area contributed by atoms with Crippen molar-refractivity contribution < 1.29 is 19.7 Å². The molecular formula is C22H31NO4. The first kappa shape index (κ1) is 21.2. The molecule has 0 fully saturated rings. The van der Waals surface area contributed by atoms with Crippen molar-refractivity contribution in [1.29, 1.82) is 0 Å². The number of hydrogen-bond donors (Lipinski definition) is 3. The van der Waals surface area contributed by atoms with E-state index in [9.17, 15) is 5.11 Å². The van der Waals surface area contributed by atoms with E-state index >= 15 is 0 Å². The van der Waals surface area contributed by atoms with E-state index in [0.29, 0.717) is 18.7 Å². The van der Waals surface area contributed by atoms with Crippen LogP contribution in [0.1, 0.15) is 25.0 Å². The molecule has 2 rings (SSSR count). The molecule has 0 spiro atoms. The zero-order valence-electron chi connectivity index (χ0n) is 16.4. The molecule has 0 aromatic heterocycles. The molecule has 5 nitrogen and oxygen atoms in total. The molecule has 2 aromatic carbocycles. The molecule has 0 bridgehead atoms. The van der Waals surface area contributed by atoms with Crippen molar-refractivity contribution in [3.05, 3.63) is 59.7 Å². The lowest BCUT2D eigenvalue weighted by molar-refractivity contribution is 0.0988. The second kappa shape index (κ2) is 10.3. The molecule has 0 unspecified atom stereocenters. The average Bonchev–Trinajstić information content (AvgIpc) is 2.66. The minimum Gasteiger partial charge on any atom is -0.497 e. The first-order valence-corrected chi connectivity index (χ1v) is 9.30.